The Balaban J connectivity index is 1.80. The van der Waals surface area contributed by atoms with Crippen LogP contribution < -0.4 is 5.32 Å². The van der Waals surface area contributed by atoms with Crippen LogP contribution in [0.25, 0.3) is 0 Å². The van der Waals surface area contributed by atoms with Crippen molar-refractivity contribution in [3.8, 4) is 0 Å². The minimum absolute atomic E-state index is 0.0672. The smallest absolute Gasteiger partial charge is 0.258 e. The van der Waals surface area contributed by atoms with Crippen molar-refractivity contribution in [2.45, 2.75) is 23.5 Å². The summed E-state index contributed by atoms with van der Waals surface area (Å²) < 4.78 is 19.6. The molecule has 5 nitrogen and oxygen atoms in total. The van der Waals surface area contributed by atoms with E-state index in [2.05, 4.69) is 5.32 Å². The van der Waals surface area contributed by atoms with Gasteiger partial charge in [-0.25, -0.2) is 4.39 Å². The van der Waals surface area contributed by atoms with Gasteiger partial charge >= 0.3 is 0 Å². The van der Waals surface area contributed by atoms with Crippen LogP contribution in [0.15, 0.2) is 23.1 Å². The fraction of sp³-hybridized carbons (Fsp3) is 0.467. The molecule has 1 N–H and O–H groups in total. The van der Waals surface area contributed by atoms with E-state index in [1.165, 1.54) is 17.8 Å². The van der Waals surface area contributed by atoms with Crippen LogP contribution in [-0.4, -0.2) is 54.8 Å². The highest BCUT2D eigenvalue weighted by Gasteiger charge is 2.37. The van der Waals surface area contributed by atoms with Gasteiger partial charge in [-0.05, 0) is 24.8 Å². The van der Waals surface area contributed by atoms with E-state index in [1.54, 1.807) is 17.0 Å². The van der Waals surface area contributed by atoms with E-state index in [0.29, 0.717) is 24.4 Å². The van der Waals surface area contributed by atoms with E-state index in [0.717, 1.165) is 0 Å². The van der Waals surface area contributed by atoms with Gasteiger partial charge in [-0.15, -0.1) is 11.8 Å². The van der Waals surface area contributed by atoms with Gasteiger partial charge in [-0.2, -0.15) is 0 Å². The molecule has 2 saturated heterocycles. The number of carbonyl (C=O) groups is 2. The highest BCUT2D eigenvalue weighted by molar-refractivity contribution is 7.98. The molecule has 2 fully saturated rings. The summed E-state index contributed by atoms with van der Waals surface area (Å²) in [6.45, 7) is 0.911. The summed E-state index contributed by atoms with van der Waals surface area (Å²) in [7, 11) is 0. The molecule has 0 aromatic heterocycles. The number of piperidine rings is 1. The molecule has 0 saturated carbocycles. The lowest BCUT2D eigenvalue weighted by Gasteiger charge is -2.41. The van der Waals surface area contributed by atoms with Crippen LogP contribution >= 0.6 is 11.8 Å². The summed E-state index contributed by atoms with van der Waals surface area (Å²) in [5, 5.41) is 2.84. The number of fused-ring (bicyclic) bond motifs is 1. The predicted octanol–water partition coefficient (Wildman–Crippen LogP) is 1.28. The Morgan fingerprint density at radius 2 is 2.32 bits per heavy atom. The molecule has 2 amide bonds. The monoisotopic (exact) mass is 324 g/mol. The van der Waals surface area contributed by atoms with Crippen molar-refractivity contribution in [2.24, 2.45) is 0 Å². The number of benzene rings is 1. The standard InChI is InChI=1S/C15H17FN2O3S/c1-22-12-4-2-3-9(16)14(12)15(20)18-6-5-11-10(7-18)17-13(19)8-21-11/h2-4,10-11H,5-8H2,1H3,(H,17,19)/t10-,11+/m1/s1. The Morgan fingerprint density at radius 3 is 3.09 bits per heavy atom. The summed E-state index contributed by atoms with van der Waals surface area (Å²) in [6.07, 6.45) is 2.38. The number of amides is 2. The molecule has 2 heterocycles. The molecule has 2 aliphatic heterocycles. The van der Waals surface area contributed by atoms with Gasteiger partial charge in [0.25, 0.3) is 5.91 Å². The average Bonchev–Trinajstić information content (AvgIpc) is 2.53. The molecule has 0 unspecified atom stereocenters. The topological polar surface area (TPSA) is 58.6 Å². The molecule has 118 valence electrons. The molecule has 3 rings (SSSR count). The van der Waals surface area contributed by atoms with Gasteiger partial charge in [-0.1, -0.05) is 6.07 Å². The van der Waals surface area contributed by atoms with Gasteiger partial charge in [0, 0.05) is 18.0 Å². The quantitative estimate of drug-likeness (QED) is 0.833. The first-order chi connectivity index (χ1) is 10.6. The molecule has 2 atom stereocenters. The first-order valence-electron chi connectivity index (χ1n) is 7.13. The number of morpholine rings is 1. The number of likely N-dealkylation sites (tertiary alicyclic amines) is 1. The lowest BCUT2D eigenvalue weighted by molar-refractivity contribution is -0.139. The Hall–Kier alpha value is -1.60. The van der Waals surface area contributed by atoms with Crippen LogP contribution in [0.4, 0.5) is 4.39 Å². The molecule has 1 aromatic rings. The van der Waals surface area contributed by atoms with Crippen molar-refractivity contribution in [1.82, 2.24) is 10.2 Å². The molecule has 2 aliphatic rings. The summed E-state index contributed by atoms with van der Waals surface area (Å²) in [5.41, 5.74) is 0.108. The van der Waals surface area contributed by atoms with Crippen LogP contribution in [0, 0.1) is 5.82 Å². The summed E-state index contributed by atoms with van der Waals surface area (Å²) in [6, 6.07) is 4.41. The third kappa shape index (κ3) is 2.83. The Kier molecular flexibility index (Phi) is 4.35. The van der Waals surface area contributed by atoms with E-state index in [4.69, 9.17) is 4.74 Å². The Labute approximate surface area is 132 Å². The van der Waals surface area contributed by atoms with Crippen molar-refractivity contribution in [3.63, 3.8) is 0 Å². The van der Waals surface area contributed by atoms with Crippen molar-refractivity contribution >= 4 is 23.6 Å². The predicted molar refractivity (Wildman–Crippen MR) is 80.4 cm³/mol. The number of rotatable bonds is 2. The molecule has 0 aliphatic carbocycles. The zero-order valence-corrected chi connectivity index (χ0v) is 13.0. The normalized spacial score (nSPS) is 24.6. The minimum atomic E-state index is -0.511. The molecule has 0 radical (unpaired) electrons. The molecule has 0 spiro atoms. The molecule has 22 heavy (non-hydrogen) atoms. The van der Waals surface area contributed by atoms with Gasteiger partial charge in [0.2, 0.25) is 5.91 Å². The van der Waals surface area contributed by atoms with Crippen LogP contribution in [-0.2, 0) is 9.53 Å². The number of hydrogen-bond acceptors (Lipinski definition) is 4. The van der Waals surface area contributed by atoms with Gasteiger partial charge in [0.1, 0.15) is 12.4 Å². The second kappa shape index (κ2) is 6.26. The van der Waals surface area contributed by atoms with E-state index in [1.807, 2.05) is 6.26 Å². The zero-order chi connectivity index (χ0) is 15.7. The molecule has 0 bridgehead atoms. The molecular formula is C15H17FN2O3S. The van der Waals surface area contributed by atoms with Crippen molar-refractivity contribution in [2.75, 3.05) is 26.0 Å². The number of nitrogens with one attached hydrogen (secondary N) is 1. The van der Waals surface area contributed by atoms with Crippen LogP contribution in [0.1, 0.15) is 16.8 Å². The van der Waals surface area contributed by atoms with Gasteiger partial charge in [-0.3, -0.25) is 9.59 Å². The molecule has 7 heteroatoms. The number of halogens is 1. The maximum atomic E-state index is 14.1. The third-order valence-corrected chi connectivity index (χ3v) is 4.80. The third-order valence-electron chi connectivity index (χ3n) is 4.02. The first kappa shape index (κ1) is 15.3. The molecular weight excluding hydrogens is 307 g/mol. The fourth-order valence-corrected chi connectivity index (χ4v) is 3.53. The lowest BCUT2D eigenvalue weighted by Crippen LogP contribution is -2.61. The summed E-state index contributed by atoms with van der Waals surface area (Å²) in [4.78, 5) is 26.3. The largest absolute Gasteiger partial charge is 0.366 e. The van der Waals surface area contributed by atoms with E-state index in [9.17, 15) is 14.0 Å². The highest BCUT2D eigenvalue weighted by Crippen LogP contribution is 2.26. The number of carbonyl (C=O) groups excluding carboxylic acids is 2. The number of hydrogen-bond donors (Lipinski definition) is 1. The fourth-order valence-electron chi connectivity index (χ4n) is 2.92. The van der Waals surface area contributed by atoms with E-state index in [-0.39, 0.29) is 36.1 Å². The Morgan fingerprint density at radius 1 is 1.50 bits per heavy atom. The van der Waals surface area contributed by atoms with Gasteiger partial charge in [0.05, 0.1) is 17.7 Å². The molecule has 1 aromatic carbocycles. The van der Waals surface area contributed by atoms with Gasteiger partial charge < -0.3 is 15.0 Å². The number of ether oxygens (including phenoxy) is 1. The zero-order valence-electron chi connectivity index (χ0n) is 12.2. The number of thioether (sulfide) groups is 1. The SMILES string of the molecule is CSc1cccc(F)c1C(=O)N1CC[C@@H]2OCC(=O)N[C@@H]2C1. The van der Waals surface area contributed by atoms with Gasteiger partial charge in [0.15, 0.2) is 0 Å². The van der Waals surface area contributed by atoms with Crippen LogP contribution in [0.3, 0.4) is 0 Å². The first-order valence-corrected chi connectivity index (χ1v) is 8.35. The highest BCUT2D eigenvalue weighted by atomic mass is 32.2. The van der Waals surface area contributed by atoms with Crippen molar-refractivity contribution < 1.29 is 18.7 Å². The van der Waals surface area contributed by atoms with E-state index < -0.39 is 5.82 Å². The summed E-state index contributed by atoms with van der Waals surface area (Å²) >= 11 is 1.34. The minimum Gasteiger partial charge on any atom is -0.366 e. The van der Waals surface area contributed by atoms with E-state index >= 15 is 0 Å². The lowest BCUT2D eigenvalue weighted by atomic mass is 9.99. The average molecular weight is 324 g/mol. The van der Waals surface area contributed by atoms with Crippen molar-refractivity contribution in [3.05, 3.63) is 29.6 Å². The maximum Gasteiger partial charge on any atom is 0.258 e. The second-order valence-corrected chi connectivity index (χ2v) is 6.23. The Bertz CT molecular complexity index is 610. The van der Waals surface area contributed by atoms with Crippen LogP contribution in [0.2, 0.25) is 0 Å². The van der Waals surface area contributed by atoms with Crippen molar-refractivity contribution in [1.29, 1.82) is 0 Å². The summed E-state index contributed by atoms with van der Waals surface area (Å²) in [5.74, 6) is -1.02. The number of nitrogens with zero attached hydrogens (tertiary/aromatic N) is 1. The second-order valence-electron chi connectivity index (χ2n) is 5.38. The van der Waals surface area contributed by atoms with Crippen LogP contribution in [0.5, 0.6) is 0 Å². The maximum absolute atomic E-state index is 14.1.